The third-order valence-electron chi connectivity index (χ3n) is 5.37. The standard InChI is InChI=1S/C28H27O4P/c1-4-32-24-17-11-19-26(28(24)29)33(20-12-6-5-7-13-20)25-18-9-8-14-21(25)27-22(30-2)15-10-16-23(27)31-3/h5-19,29H,4H2,1-3H3. The van der Waals surface area contributed by atoms with Gasteiger partial charge in [-0.3, -0.25) is 0 Å². The van der Waals surface area contributed by atoms with Crippen molar-refractivity contribution in [2.75, 3.05) is 20.8 Å². The lowest BCUT2D eigenvalue weighted by Gasteiger charge is -2.25. The Morgan fingerprint density at radius 1 is 0.667 bits per heavy atom. The number of aromatic hydroxyl groups is 1. The molecule has 168 valence electrons. The Balaban J connectivity index is 2.01. The third-order valence-corrected chi connectivity index (χ3v) is 7.90. The van der Waals surface area contributed by atoms with E-state index in [-0.39, 0.29) is 5.75 Å². The highest BCUT2D eigenvalue weighted by atomic mass is 31.1. The Morgan fingerprint density at radius 3 is 1.91 bits per heavy atom. The molecule has 0 aromatic heterocycles. The van der Waals surface area contributed by atoms with Gasteiger partial charge in [0.05, 0.1) is 26.4 Å². The monoisotopic (exact) mass is 458 g/mol. The maximum absolute atomic E-state index is 11.2. The molecule has 0 spiro atoms. The lowest BCUT2D eigenvalue weighted by Crippen LogP contribution is -2.23. The second-order valence-corrected chi connectivity index (χ2v) is 9.43. The van der Waals surface area contributed by atoms with E-state index in [1.165, 1.54) is 0 Å². The molecule has 1 N–H and O–H groups in total. The van der Waals surface area contributed by atoms with Crippen molar-refractivity contribution in [3.8, 4) is 34.1 Å². The van der Waals surface area contributed by atoms with E-state index in [1.54, 1.807) is 20.3 Å². The predicted molar refractivity (Wildman–Crippen MR) is 137 cm³/mol. The van der Waals surface area contributed by atoms with Crippen molar-refractivity contribution in [3.63, 3.8) is 0 Å². The SMILES string of the molecule is CCOc1cccc(P(c2ccccc2)c2ccccc2-c2c(OC)cccc2OC)c1O. The highest BCUT2D eigenvalue weighted by molar-refractivity contribution is 7.80. The molecule has 0 aliphatic heterocycles. The van der Waals surface area contributed by atoms with Crippen LogP contribution in [0.4, 0.5) is 0 Å². The zero-order chi connectivity index (χ0) is 23.2. The summed E-state index contributed by atoms with van der Waals surface area (Å²) in [4.78, 5) is 0. The van der Waals surface area contributed by atoms with Crippen molar-refractivity contribution < 1.29 is 19.3 Å². The molecule has 1 atom stereocenters. The number of hydrogen-bond donors (Lipinski definition) is 1. The second kappa shape index (κ2) is 10.4. The Kier molecular flexibility index (Phi) is 7.16. The summed E-state index contributed by atoms with van der Waals surface area (Å²) in [5.41, 5.74) is 1.89. The van der Waals surface area contributed by atoms with E-state index in [1.807, 2.05) is 67.6 Å². The minimum Gasteiger partial charge on any atom is -0.504 e. The van der Waals surface area contributed by atoms with Crippen LogP contribution < -0.4 is 30.1 Å². The molecule has 0 saturated heterocycles. The molecule has 4 nitrogen and oxygen atoms in total. The molecule has 0 aliphatic rings. The number of methoxy groups -OCH3 is 2. The van der Waals surface area contributed by atoms with Crippen LogP contribution in [0.2, 0.25) is 0 Å². The Bertz CT molecular complexity index is 1200. The zero-order valence-electron chi connectivity index (χ0n) is 19.0. The molecule has 0 saturated carbocycles. The minimum atomic E-state index is -1.11. The second-order valence-electron chi connectivity index (χ2n) is 7.28. The normalized spacial score (nSPS) is 11.6. The van der Waals surface area contributed by atoms with Crippen LogP contribution in [-0.2, 0) is 0 Å². The molecule has 4 rings (SSSR count). The summed E-state index contributed by atoms with van der Waals surface area (Å²) in [6, 6.07) is 30.0. The molecule has 5 heteroatoms. The number of hydrogen-bond acceptors (Lipinski definition) is 4. The zero-order valence-corrected chi connectivity index (χ0v) is 19.9. The van der Waals surface area contributed by atoms with Gasteiger partial charge in [-0.25, -0.2) is 0 Å². The van der Waals surface area contributed by atoms with Crippen molar-refractivity contribution in [2.45, 2.75) is 6.92 Å². The molecule has 4 aromatic rings. The first kappa shape index (κ1) is 22.7. The van der Waals surface area contributed by atoms with Crippen molar-refractivity contribution in [1.82, 2.24) is 0 Å². The van der Waals surface area contributed by atoms with E-state index < -0.39 is 7.92 Å². The summed E-state index contributed by atoms with van der Waals surface area (Å²) in [7, 11) is 2.22. The summed E-state index contributed by atoms with van der Waals surface area (Å²) in [5.74, 6) is 2.14. The summed E-state index contributed by atoms with van der Waals surface area (Å²) < 4.78 is 17.1. The van der Waals surface area contributed by atoms with Crippen LogP contribution >= 0.6 is 7.92 Å². The van der Waals surface area contributed by atoms with Gasteiger partial charge in [-0.1, -0.05) is 66.7 Å². The number of ether oxygens (including phenoxy) is 3. The van der Waals surface area contributed by atoms with E-state index in [4.69, 9.17) is 14.2 Å². The number of rotatable bonds is 8. The largest absolute Gasteiger partial charge is 0.504 e. The van der Waals surface area contributed by atoms with Gasteiger partial charge in [0.2, 0.25) is 0 Å². The first-order valence-corrected chi connectivity index (χ1v) is 12.1. The first-order chi connectivity index (χ1) is 16.2. The summed E-state index contributed by atoms with van der Waals surface area (Å²) in [6.07, 6.45) is 0. The topological polar surface area (TPSA) is 47.9 Å². The Morgan fingerprint density at radius 2 is 1.24 bits per heavy atom. The van der Waals surface area contributed by atoms with Gasteiger partial charge in [-0.05, 0) is 55.3 Å². The molecule has 0 fully saturated rings. The fourth-order valence-electron chi connectivity index (χ4n) is 3.94. The summed E-state index contributed by atoms with van der Waals surface area (Å²) in [5, 5.41) is 14.3. The van der Waals surface area contributed by atoms with Crippen LogP contribution in [0.5, 0.6) is 23.0 Å². The molecule has 0 amide bonds. The van der Waals surface area contributed by atoms with E-state index in [2.05, 4.69) is 24.3 Å². The molecule has 0 aliphatic carbocycles. The van der Waals surface area contributed by atoms with Crippen LogP contribution in [0.25, 0.3) is 11.1 Å². The summed E-state index contributed by atoms with van der Waals surface area (Å²) in [6.45, 7) is 2.39. The highest BCUT2D eigenvalue weighted by Crippen LogP contribution is 2.45. The number of para-hydroxylation sites is 1. The molecule has 0 heterocycles. The Labute approximate surface area is 196 Å². The molecule has 0 radical (unpaired) electrons. The molecular formula is C28H27O4P. The maximum Gasteiger partial charge on any atom is 0.166 e. The Hall–Kier alpha value is -3.49. The molecule has 33 heavy (non-hydrogen) atoms. The van der Waals surface area contributed by atoms with Gasteiger partial charge >= 0.3 is 0 Å². The molecular weight excluding hydrogens is 431 g/mol. The quantitative estimate of drug-likeness (QED) is 0.367. The highest BCUT2D eigenvalue weighted by Gasteiger charge is 2.26. The third kappa shape index (κ3) is 4.53. The van der Waals surface area contributed by atoms with Gasteiger partial charge < -0.3 is 19.3 Å². The number of benzene rings is 4. The first-order valence-electron chi connectivity index (χ1n) is 10.8. The predicted octanol–water partition coefficient (Wildman–Crippen LogP) is 5.23. The molecule has 0 bridgehead atoms. The fourth-order valence-corrected chi connectivity index (χ4v) is 6.45. The molecule has 4 aromatic carbocycles. The summed E-state index contributed by atoms with van der Waals surface area (Å²) >= 11 is 0. The van der Waals surface area contributed by atoms with Gasteiger partial charge in [-0.15, -0.1) is 0 Å². The maximum atomic E-state index is 11.2. The van der Waals surface area contributed by atoms with Gasteiger partial charge in [-0.2, -0.15) is 0 Å². The van der Waals surface area contributed by atoms with Crippen LogP contribution in [-0.4, -0.2) is 25.9 Å². The van der Waals surface area contributed by atoms with Gasteiger partial charge in [0.25, 0.3) is 0 Å². The van der Waals surface area contributed by atoms with E-state index in [0.29, 0.717) is 12.4 Å². The van der Waals surface area contributed by atoms with Crippen LogP contribution in [0, 0.1) is 0 Å². The van der Waals surface area contributed by atoms with Crippen molar-refractivity contribution in [1.29, 1.82) is 0 Å². The van der Waals surface area contributed by atoms with Crippen LogP contribution in [0.3, 0.4) is 0 Å². The number of phenols is 1. The van der Waals surface area contributed by atoms with Gasteiger partial charge in [0, 0.05) is 5.30 Å². The lowest BCUT2D eigenvalue weighted by atomic mass is 10.0. The average Bonchev–Trinajstić information content (AvgIpc) is 2.87. The smallest absolute Gasteiger partial charge is 0.166 e. The van der Waals surface area contributed by atoms with Crippen molar-refractivity contribution in [2.24, 2.45) is 0 Å². The fraction of sp³-hybridized carbons (Fsp3) is 0.143. The van der Waals surface area contributed by atoms with E-state index >= 15 is 0 Å². The van der Waals surface area contributed by atoms with Crippen LogP contribution in [0.1, 0.15) is 6.92 Å². The van der Waals surface area contributed by atoms with E-state index in [0.717, 1.165) is 38.5 Å². The minimum absolute atomic E-state index is 0.177. The van der Waals surface area contributed by atoms with Crippen molar-refractivity contribution >= 4 is 23.8 Å². The van der Waals surface area contributed by atoms with Crippen LogP contribution in [0.15, 0.2) is 91.0 Å². The number of phenolic OH excluding ortho intramolecular Hbond substituents is 1. The lowest BCUT2D eigenvalue weighted by molar-refractivity contribution is 0.319. The van der Waals surface area contributed by atoms with Gasteiger partial charge in [0.15, 0.2) is 11.5 Å². The van der Waals surface area contributed by atoms with Crippen molar-refractivity contribution in [3.05, 3.63) is 91.0 Å². The van der Waals surface area contributed by atoms with Gasteiger partial charge in [0.1, 0.15) is 11.5 Å². The molecule has 1 unspecified atom stereocenters. The van der Waals surface area contributed by atoms with E-state index in [9.17, 15) is 5.11 Å². The average molecular weight is 458 g/mol.